The Morgan fingerprint density at radius 3 is 2.94 bits per heavy atom. The number of thiazole rings is 1. The number of rotatable bonds is 4. The number of anilines is 1. The molecule has 0 spiro atoms. The molecule has 2 N–H and O–H groups in total. The van der Waals surface area contributed by atoms with Crippen molar-refractivity contribution >= 4 is 55.0 Å². The molecule has 0 unspecified atom stereocenters. The standard InChI is InChI=1S/C13H14BrIN2S/c1-2-3-11-12(18-13(16)17-11)7-8-6-9(15)4-5-10(8)14/h4-6H,2-3,7H2,1H3,(H2,16,17). The predicted octanol–water partition coefficient (Wildman–Crippen LogP) is 4.64. The highest BCUT2D eigenvalue weighted by Gasteiger charge is 2.11. The summed E-state index contributed by atoms with van der Waals surface area (Å²) in [4.78, 5) is 5.72. The Morgan fingerprint density at radius 2 is 2.22 bits per heavy atom. The van der Waals surface area contributed by atoms with Gasteiger partial charge in [-0.15, -0.1) is 11.3 Å². The van der Waals surface area contributed by atoms with Gasteiger partial charge in [0.25, 0.3) is 0 Å². The van der Waals surface area contributed by atoms with Crippen molar-refractivity contribution in [2.75, 3.05) is 5.73 Å². The van der Waals surface area contributed by atoms with Crippen molar-refractivity contribution in [3.8, 4) is 0 Å². The first kappa shape index (κ1) is 14.3. The van der Waals surface area contributed by atoms with Gasteiger partial charge < -0.3 is 5.73 Å². The van der Waals surface area contributed by atoms with E-state index in [9.17, 15) is 0 Å². The van der Waals surface area contributed by atoms with Gasteiger partial charge in [-0.3, -0.25) is 0 Å². The van der Waals surface area contributed by atoms with Crippen molar-refractivity contribution in [3.63, 3.8) is 0 Å². The van der Waals surface area contributed by atoms with E-state index in [-0.39, 0.29) is 0 Å². The maximum absolute atomic E-state index is 5.83. The number of hydrogen-bond donors (Lipinski definition) is 1. The molecule has 0 amide bonds. The van der Waals surface area contributed by atoms with E-state index >= 15 is 0 Å². The van der Waals surface area contributed by atoms with Gasteiger partial charge in [-0.05, 0) is 52.8 Å². The molecule has 5 heteroatoms. The van der Waals surface area contributed by atoms with Crippen LogP contribution in [0.5, 0.6) is 0 Å². The van der Waals surface area contributed by atoms with E-state index in [1.54, 1.807) is 11.3 Å². The largest absolute Gasteiger partial charge is 0.375 e. The first-order chi connectivity index (χ1) is 8.60. The maximum Gasteiger partial charge on any atom is 0.180 e. The van der Waals surface area contributed by atoms with Gasteiger partial charge in [0.15, 0.2) is 5.13 Å². The molecule has 0 fully saturated rings. The summed E-state index contributed by atoms with van der Waals surface area (Å²) in [6.07, 6.45) is 3.01. The zero-order chi connectivity index (χ0) is 13.1. The topological polar surface area (TPSA) is 38.9 Å². The highest BCUT2D eigenvalue weighted by molar-refractivity contribution is 14.1. The molecule has 1 aromatic carbocycles. The van der Waals surface area contributed by atoms with Gasteiger partial charge in [-0.2, -0.15) is 0 Å². The van der Waals surface area contributed by atoms with Crippen LogP contribution in [0.3, 0.4) is 0 Å². The number of nitrogens with two attached hydrogens (primary N) is 1. The number of halogens is 2. The second kappa shape index (κ2) is 6.34. The molecule has 0 aliphatic carbocycles. The zero-order valence-corrected chi connectivity index (χ0v) is 14.6. The SMILES string of the molecule is CCCc1nc(N)sc1Cc1cc(I)ccc1Br. The lowest BCUT2D eigenvalue weighted by molar-refractivity contribution is 0.879. The highest BCUT2D eigenvalue weighted by atomic mass is 127. The van der Waals surface area contributed by atoms with Crippen LogP contribution < -0.4 is 5.73 Å². The van der Waals surface area contributed by atoms with E-state index in [4.69, 9.17) is 5.73 Å². The predicted molar refractivity (Wildman–Crippen MR) is 90.2 cm³/mol. The Morgan fingerprint density at radius 1 is 1.44 bits per heavy atom. The van der Waals surface area contributed by atoms with E-state index in [0.29, 0.717) is 5.13 Å². The minimum atomic E-state index is 0.676. The Balaban J connectivity index is 2.30. The number of aromatic nitrogens is 1. The molecule has 1 heterocycles. The van der Waals surface area contributed by atoms with Crippen molar-refractivity contribution in [2.24, 2.45) is 0 Å². The first-order valence-electron chi connectivity index (χ1n) is 5.78. The van der Waals surface area contributed by atoms with Crippen LogP contribution in [0, 0.1) is 3.57 Å². The lowest BCUT2D eigenvalue weighted by atomic mass is 10.1. The summed E-state index contributed by atoms with van der Waals surface area (Å²) >= 11 is 7.55. The minimum absolute atomic E-state index is 0.676. The van der Waals surface area contributed by atoms with Crippen LogP contribution in [0.1, 0.15) is 29.5 Å². The molecule has 18 heavy (non-hydrogen) atoms. The smallest absolute Gasteiger partial charge is 0.180 e. The number of nitrogens with zero attached hydrogens (tertiary/aromatic N) is 1. The van der Waals surface area contributed by atoms with Crippen molar-refractivity contribution in [1.82, 2.24) is 4.98 Å². The summed E-state index contributed by atoms with van der Waals surface area (Å²) < 4.78 is 2.40. The summed E-state index contributed by atoms with van der Waals surface area (Å²) in [7, 11) is 0. The summed E-state index contributed by atoms with van der Waals surface area (Å²) in [5.41, 5.74) is 8.28. The minimum Gasteiger partial charge on any atom is -0.375 e. The van der Waals surface area contributed by atoms with Crippen molar-refractivity contribution < 1.29 is 0 Å². The third-order valence-corrected chi connectivity index (χ3v) is 5.01. The van der Waals surface area contributed by atoms with Gasteiger partial charge in [-0.1, -0.05) is 29.3 Å². The van der Waals surface area contributed by atoms with Crippen LogP contribution in [0.4, 0.5) is 5.13 Å². The monoisotopic (exact) mass is 436 g/mol. The summed E-state index contributed by atoms with van der Waals surface area (Å²) in [6, 6.07) is 6.40. The molecule has 0 saturated carbocycles. The molecule has 0 aliphatic heterocycles. The fourth-order valence-electron chi connectivity index (χ4n) is 1.83. The van der Waals surface area contributed by atoms with Crippen LogP contribution in [0.15, 0.2) is 22.7 Å². The molecule has 1 aromatic heterocycles. The average Bonchev–Trinajstić information content (AvgIpc) is 2.65. The second-order valence-corrected chi connectivity index (χ2v) is 7.30. The van der Waals surface area contributed by atoms with Crippen LogP contribution in [0.2, 0.25) is 0 Å². The third kappa shape index (κ3) is 3.45. The van der Waals surface area contributed by atoms with E-state index in [1.165, 1.54) is 14.0 Å². The molecule has 0 atom stereocenters. The normalized spacial score (nSPS) is 10.8. The van der Waals surface area contributed by atoms with Gasteiger partial charge in [0.2, 0.25) is 0 Å². The van der Waals surface area contributed by atoms with Gasteiger partial charge in [0.1, 0.15) is 0 Å². The molecular formula is C13H14BrIN2S. The average molecular weight is 437 g/mol. The first-order valence-corrected chi connectivity index (χ1v) is 8.47. The zero-order valence-electron chi connectivity index (χ0n) is 10.0. The third-order valence-electron chi connectivity index (χ3n) is 2.64. The molecule has 0 radical (unpaired) electrons. The summed E-state index contributed by atoms with van der Waals surface area (Å²) in [6.45, 7) is 2.17. The van der Waals surface area contributed by atoms with Gasteiger partial charge >= 0.3 is 0 Å². The molecule has 2 rings (SSSR count). The number of aryl methyl sites for hydroxylation is 1. The maximum atomic E-state index is 5.83. The van der Waals surface area contributed by atoms with Crippen LogP contribution in [-0.4, -0.2) is 4.98 Å². The number of nitrogen functional groups attached to an aromatic ring is 1. The summed E-state index contributed by atoms with van der Waals surface area (Å²) in [5, 5.41) is 0.676. The second-order valence-electron chi connectivity index (χ2n) is 4.08. The van der Waals surface area contributed by atoms with E-state index in [2.05, 4.69) is 68.6 Å². The van der Waals surface area contributed by atoms with Gasteiger partial charge in [-0.25, -0.2) is 4.98 Å². The number of benzene rings is 1. The van der Waals surface area contributed by atoms with Gasteiger partial charge in [0, 0.05) is 19.3 Å². The van der Waals surface area contributed by atoms with Crippen molar-refractivity contribution in [1.29, 1.82) is 0 Å². The van der Waals surface area contributed by atoms with Crippen LogP contribution in [-0.2, 0) is 12.8 Å². The molecule has 0 aliphatic rings. The lowest BCUT2D eigenvalue weighted by Gasteiger charge is -2.05. The Kier molecular flexibility index (Phi) is 5.03. The lowest BCUT2D eigenvalue weighted by Crippen LogP contribution is -1.94. The summed E-state index contributed by atoms with van der Waals surface area (Å²) in [5.74, 6) is 0. The molecular weight excluding hydrogens is 423 g/mol. The van der Waals surface area contributed by atoms with E-state index in [0.717, 1.165) is 29.4 Å². The van der Waals surface area contributed by atoms with Crippen molar-refractivity contribution in [2.45, 2.75) is 26.2 Å². The molecule has 96 valence electrons. The Hall–Kier alpha value is -0.140. The molecule has 0 saturated heterocycles. The van der Waals surface area contributed by atoms with Gasteiger partial charge in [0.05, 0.1) is 5.69 Å². The Bertz CT molecular complexity index is 554. The van der Waals surface area contributed by atoms with E-state index in [1.807, 2.05) is 0 Å². The number of hydrogen-bond acceptors (Lipinski definition) is 3. The Labute approximate surface area is 133 Å². The van der Waals surface area contributed by atoms with Crippen LogP contribution in [0.25, 0.3) is 0 Å². The fraction of sp³-hybridized carbons (Fsp3) is 0.308. The van der Waals surface area contributed by atoms with Crippen molar-refractivity contribution in [3.05, 3.63) is 42.4 Å². The molecule has 2 aromatic rings. The quantitative estimate of drug-likeness (QED) is 0.709. The highest BCUT2D eigenvalue weighted by Crippen LogP contribution is 2.28. The van der Waals surface area contributed by atoms with Crippen LogP contribution >= 0.6 is 49.9 Å². The molecule has 0 bridgehead atoms. The molecule has 2 nitrogen and oxygen atoms in total. The fourth-order valence-corrected chi connectivity index (χ4v) is 3.67. The van der Waals surface area contributed by atoms with E-state index < -0.39 is 0 Å².